The van der Waals surface area contributed by atoms with Crippen molar-refractivity contribution in [3.63, 3.8) is 0 Å². The van der Waals surface area contributed by atoms with Crippen LogP contribution in [0.2, 0.25) is 0 Å². The summed E-state index contributed by atoms with van der Waals surface area (Å²) in [6.07, 6.45) is 5.92. The zero-order valence-corrected chi connectivity index (χ0v) is 14.0. The molecule has 114 valence electrons. The van der Waals surface area contributed by atoms with Crippen LogP contribution in [0.5, 0.6) is 0 Å². The molecule has 3 nitrogen and oxygen atoms in total. The van der Waals surface area contributed by atoms with E-state index < -0.39 is 0 Å². The van der Waals surface area contributed by atoms with Gasteiger partial charge in [0.15, 0.2) is 5.69 Å². The molecule has 4 heteroatoms. The Labute approximate surface area is 126 Å². The second kappa shape index (κ2) is 9.11. The van der Waals surface area contributed by atoms with Gasteiger partial charge in [0, 0.05) is 11.3 Å². The lowest BCUT2D eigenvalue weighted by Crippen LogP contribution is -2.06. The van der Waals surface area contributed by atoms with E-state index in [1.807, 2.05) is 12.3 Å². The maximum Gasteiger partial charge on any atom is 0.357 e. The van der Waals surface area contributed by atoms with Crippen molar-refractivity contribution in [1.82, 2.24) is 4.98 Å². The molecule has 20 heavy (non-hydrogen) atoms. The van der Waals surface area contributed by atoms with Gasteiger partial charge < -0.3 is 4.74 Å². The van der Waals surface area contributed by atoms with Crippen molar-refractivity contribution in [3.05, 3.63) is 16.1 Å². The van der Waals surface area contributed by atoms with Gasteiger partial charge in [-0.2, -0.15) is 0 Å². The summed E-state index contributed by atoms with van der Waals surface area (Å²) in [5.74, 6) is 0.952. The van der Waals surface area contributed by atoms with Gasteiger partial charge in [0.2, 0.25) is 0 Å². The highest BCUT2D eigenvalue weighted by atomic mass is 32.1. The second-order valence-corrected chi connectivity index (χ2v) is 6.26. The van der Waals surface area contributed by atoms with E-state index in [0.717, 1.165) is 23.8 Å². The Morgan fingerprint density at radius 2 is 2.05 bits per heavy atom. The molecule has 0 aliphatic carbocycles. The van der Waals surface area contributed by atoms with Crippen LogP contribution in [-0.4, -0.2) is 17.6 Å². The maximum absolute atomic E-state index is 11.7. The van der Waals surface area contributed by atoms with E-state index in [0.29, 0.717) is 18.2 Å². The summed E-state index contributed by atoms with van der Waals surface area (Å²) in [5.41, 5.74) is 0.469. The third kappa shape index (κ3) is 5.23. The van der Waals surface area contributed by atoms with Crippen LogP contribution >= 0.6 is 11.3 Å². The maximum atomic E-state index is 11.7. The molecule has 1 aromatic heterocycles. The monoisotopic (exact) mass is 297 g/mol. The van der Waals surface area contributed by atoms with Gasteiger partial charge in [-0.15, -0.1) is 11.3 Å². The summed E-state index contributed by atoms with van der Waals surface area (Å²) in [4.78, 5) is 16.2. The number of carbonyl (C=O) groups excluding carboxylic acids is 1. The quantitative estimate of drug-likeness (QED) is 0.600. The predicted octanol–water partition coefficient (Wildman–Crippen LogP) is 5.03. The van der Waals surface area contributed by atoms with Crippen LogP contribution < -0.4 is 0 Å². The van der Waals surface area contributed by atoms with Crippen LogP contribution in [0.15, 0.2) is 5.38 Å². The Hall–Kier alpha value is -0.900. The molecule has 0 fully saturated rings. The normalized spacial score (nSPS) is 14.0. The first-order valence-corrected chi connectivity index (χ1v) is 8.62. The van der Waals surface area contributed by atoms with Crippen LogP contribution in [0.25, 0.3) is 0 Å². The van der Waals surface area contributed by atoms with Gasteiger partial charge in [-0.1, -0.05) is 40.0 Å². The van der Waals surface area contributed by atoms with E-state index in [2.05, 4.69) is 25.8 Å². The van der Waals surface area contributed by atoms with Crippen molar-refractivity contribution >= 4 is 17.3 Å². The average Bonchev–Trinajstić information content (AvgIpc) is 2.93. The van der Waals surface area contributed by atoms with Gasteiger partial charge in [-0.25, -0.2) is 9.78 Å². The van der Waals surface area contributed by atoms with Gasteiger partial charge >= 0.3 is 5.97 Å². The molecule has 0 aliphatic rings. The van der Waals surface area contributed by atoms with Crippen LogP contribution in [0.4, 0.5) is 0 Å². The number of esters is 1. The number of carbonyl (C=O) groups is 1. The molecule has 0 aliphatic heterocycles. The van der Waals surface area contributed by atoms with Crippen molar-refractivity contribution in [2.75, 3.05) is 6.61 Å². The van der Waals surface area contributed by atoms with Crippen molar-refractivity contribution in [1.29, 1.82) is 0 Å². The van der Waals surface area contributed by atoms with Crippen LogP contribution in [0, 0.1) is 5.92 Å². The molecule has 0 N–H and O–H groups in total. The van der Waals surface area contributed by atoms with Crippen molar-refractivity contribution < 1.29 is 9.53 Å². The predicted molar refractivity (Wildman–Crippen MR) is 84.4 cm³/mol. The topological polar surface area (TPSA) is 39.2 Å². The van der Waals surface area contributed by atoms with E-state index in [1.54, 1.807) is 11.3 Å². The molecule has 2 atom stereocenters. The fraction of sp³-hybridized carbons (Fsp3) is 0.750. The lowest BCUT2D eigenvalue weighted by Gasteiger charge is -2.15. The molecular formula is C16H27NO2S. The second-order valence-electron chi connectivity index (χ2n) is 5.37. The molecule has 1 aromatic rings. The molecule has 0 spiro atoms. The Balaban J connectivity index is 2.69. The first-order chi connectivity index (χ1) is 9.62. The van der Waals surface area contributed by atoms with E-state index in [1.165, 1.54) is 19.3 Å². The summed E-state index contributed by atoms with van der Waals surface area (Å²) in [7, 11) is 0. The summed E-state index contributed by atoms with van der Waals surface area (Å²) in [6, 6.07) is 0. The summed E-state index contributed by atoms with van der Waals surface area (Å²) in [6.45, 7) is 8.96. The third-order valence-corrected chi connectivity index (χ3v) is 4.70. The lowest BCUT2D eigenvalue weighted by molar-refractivity contribution is 0.0520. The summed E-state index contributed by atoms with van der Waals surface area (Å²) >= 11 is 1.60. The van der Waals surface area contributed by atoms with Crippen LogP contribution in [-0.2, 0) is 4.74 Å². The number of nitrogens with zero attached hydrogens (tertiary/aromatic N) is 1. The minimum atomic E-state index is -0.299. The molecule has 1 heterocycles. The van der Waals surface area contributed by atoms with Gasteiger partial charge in [0.1, 0.15) is 0 Å². The number of hydrogen-bond acceptors (Lipinski definition) is 4. The highest BCUT2D eigenvalue weighted by molar-refractivity contribution is 7.09. The van der Waals surface area contributed by atoms with E-state index >= 15 is 0 Å². The Morgan fingerprint density at radius 3 is 2.65 bits per heavy atom. The lowest BCUT2D eigenvalue weighted by atomic mass is 9.93. The van der Waals surface area contributed by atoms with Crippen LogP contribution in [0.1, 0.15) is 81.2 Å². The SMILES string of the molecule is CCCC(CCC(C)CC)c1nc(C(=O)OCC)cs1. The Kier molecular flexibility index (Phi) is 7.82. The zero-order chi connectivity index (χ0) is 15.0. The molecule has 0 saturated carbocycles. The molecule has 0 saturated heterocycles. The zero-order valence-electron chi connectivity index (χ0n) is 13.1. The number of ether oxygens (including phenoxy) is 1. The Bertz CT molecular complexity index is 403. The summed E-state index contributed by atoms with van der Waals surface area (Å²) < 4.78 is 5.00. The van der Waals surface area contributed by atoms with Gasteiger partial charge in [-0.05, 0) is 25.7 Å². The fourth-order valence-corrected chi connectivity index (χ4v) is 3.16. The van der Waals surface area contributed by atoms with Crippen molar-refractivity contribution in [3.8, 4) is 0 Å². The van der Waals surface area contributed by atoms with E-state index in [9.17, 15) is 4.79 Å². The molecule has 1 rings (SSSR count). The molecule has 0 radical (unpaired) electrons. The van der Waals surface area contributed by atoms with Gasteiger partial charge in [0.25, 0.3) is 0 Å². The van der Waals surface area contributed by atoms with E-state index in [-0.39, 0.29) is 5.97 Å². The molecule has 0 bridgehead atoms. The van der Waals surface area contributed by atoms with Gasteiger partial charge in [-0.3, -0.25) is 0 Å². The highest BCUT2D eigenvalue weighted by Gasteiger charge is 2.18. The number of hydrogen-bond donors (Lipinski definition) is 0. The van der Waals surface area contributed by atoms with E-state index in [4.69, 9.17) is 4.74 Å². The number of thiazole rings is 1. The van der Waals surface area contributed by atoms with Gasteiger partial charge in [0.05, 0.1) is 11.6 Å². The van der Waals surface area contributed by atoms with Crippen molar-refractivity contribution in [2.45, 2.75) is 65.7 Å². The Morgan fingerprint density at radius 1 is 1.30 bits per heavy atom. The highest BCUT2D eigenvalue weighted by Crippen LogP contribution is 2.31. The number of rotatable bonds is 9. The van der Waals surface area contributed by atoms with Crippen LogP contribution in [0.3, 0.4) is 0 Å². The third-order valence-electron chi connectivity index (χ3n) is 3.70. The minimum absolute atomic E-state index is 0.299. The number of aromatic nitrogens is 1. The largest absolute Gasteiger partial charge is 0.461 e. The molecular weight excluding hydrogens is 270 g/mol. The minimum Gasteiger partial charge on any atom is -0.461 e. The average molecular weight is 297 g/mol. The molecule has 0 amide bonds. The first kappa shape index (κ1) is 17.2. The smallest absolute Gasteiger partial charge is 0.357 e. The standard InChI is InChI=1S/C16H27NO2S/c1-5-8-13(10-9-12(4)6-2)15-17-14(11-20-15)16(18)19-7-3/h11-13H,5-10H2,1-4H3. The fourth-order valence-electron chi connectivity index (χ4n) is 2.20. The molecule has 0 aromatic carbocycles. The summed E-state index contributed by atoms with van der Waals surface area (Å²) in [5, 5.41) is 2.93. The molecule has 2 unspecified atom stereocenters. The first-order valence-electron chi connectivity index (χ1n) is 7.74. The van der Waals surface area contributed by atoms with Crippen molar-refractivity contribution in [2.24, 2.45) is 5.92 Å².